The summed E-state index contributed by atoms with van der Waals surface area (Å²) in [6.07, 6.45) is 1.47. The number of carbonyl (C=O) groups excluding carboxylic acids is 1. The van der Waals surface area contributed by atoms with Gasteiger partial charge in [0.15, 0.2) is 5.78 Å². The number of ketones is 1. The van der Waals surface area contributed by atoms with Gasteiger partial charge in [-0.25, -0.2) is 4.98 Å². The largest absolute Gasteiger partial charge is 0.292 e. The number of nitrogens with zero attached hydrogens (tertiary/aromatic N) is 2. The van der Waals surface area contributed by atoms with Crippen LogP contribution in [0.25, 0.3) is 21.3 Å². The van der Waals surface area contributed by atoms with Gasteiger partial charge in [-0.3, -0.25) is 14.2 Å². The van der Waals surface area contributed by atoms with Crippen molar-refractivity contribution in [3.05, 3.63) is 86.8 Å². The van der Waals surface area contributed by atoms with E-state index in [1.165, 1.54) is 22.2 Å². The molecule has 140 valence electrons. The monoisotopic (exact) mass is 388 g/mol. The van der Waals surface area contributed by atoms with Crippen LogP contribution in [0.2, 0.25) is 0 Å². The summed E-state index contributed by atoms with van der Waals surface area (Å²) in [6, 6.07) is 13.8. The van der Waals surface area contributed by atoms with Gasteiger partial charge in [0.2, 0.25) is 0 Å². The zero-order valence-corrected chi connectivity index (χ0v) is 16.8. The van der Waals surface area contributed by atoms with Crippen molar-refractivity contribution < 1.29 is 4.79 Å². The molecule has 0 saturated heterocycles. The third kappa shape index (κ3) is 3.29. The number of aryl methyl sites for hydroxylation is 3. The van der Waals surface area contributed by atoms with Gasteiger partial charge in [-0.15, -0.1) is 11.3 Å². The Bertz CT molecular complexity index is 1250. The molecule has 4 rings (SSSR count). The third-order valence-corrected chi connectivity index (χ3v) is 5.81. The molecule has 0 unspecified atom stereocenters. The molecule has 0 aliphatic rings. The highest BCUT2D eigenvalue weighted by Crippen LogP contribution is 2.30. The van der Waals surface area contributed by atoms with Crippen LogP contribution >= 0.6 is 11.3 Å². The molecule has 0 atom stereocenters. The van der Waals surface area contributed by atoms with Gasteiger partial charge < -0.3 is 0 Å². The van der Waals surface area contributed by atoms with E-state index in [0.717, 1.165) is 27.8 Å². The molecular formula is C23H20N2O2S. The first-order valence-corrected chi connectivity index (χ1v) is 9.96. The van der Waals surface area contributed by atoms with Crippen molar-refractivity contribution in [2.24, 2.45) is 0 Å². The van der Waals surface area contributed by atoms with Crippen LogP contribution in [-0.4, -0.2) is 15.3 Å². The molecule has 0 spiro atoms. The van der Waals surface area contributed by atoms with E-state index >= 15 is 0 Å². The van der Waals surface area contributed by atoms with E-state index in [4.69, 9.17) is 0 Å². The second-order valence-corrected chi connectivity index (χ2v) is 7.97. The Morgan fingerprint density at radius 2 is 1.75 bits per heavy atom. The van der Waals surface area contributed by atoms with Crippen LogP contribution < -0.4 is 5.56 Å². The van der Waals surface area contributed by atoms with Crippen molar-refractivity contribution in [2.75, 3.05) is 0 Å². The molecule has 0 aliphatic carbocycles. The molecule has 2 aromatic heterocycles. The first-order valence-electron chi connectivity index (χ1n) is 9.08. The van der Waals surface area contributed by atoms with E-state index in [1.54, 1.807) is 0 Å². The molecule has 0 aliphatic heterocycles. The number of hydrogen-bond donors (Lipinski definition) is 0. The fourth-order valence-electron chi connectivity index (χ4n) is 3.39. The fourth-order valence-corrected chi connectivity index (χ4v) is 4.30. The normalized spacial score (nSPS) is 11.1. The molecular weight excluding hydrogens is 368 g/mol. The molecule has 2 heterocycles. The lowest BCUT2D eigenvalue weighted by Gasteiger charge is -2.08. The summed E-state index contributed by atoms with van der Waals surface area (Å²) in [7, 11) is 0. The molecule has 28 heavy (non-hydrogen) atoms. The quantitative estimate of drug-likeness (QED) is 0.466. The molecule has 0 amide bonds. The first-order chi connectivity index (χ1) is 13.4. The number of carbonyl (C=O) groups is 1. The highest BCUT2D eigenvalue weighted by atomic mass is 32.1. The minimum atomic E-state index is -0.181. The molecule has 0 N–H and O–H groups in total. The summed E-state index contributed by atoms with van der Waals surface area (Å²) in [5.74, 6) is -0.0899. The number of hydrogen-bond acceptors (Lipinski definition) is 4. The number of thiophene rings is 1. The summed E-state index contributed by atoms with van der Waals surface area (Å²) in [6.45, 7) is 5.92. The predicted octanol–water partition coefficient (Wildman–Crippen LogP) is 4.93. The van der Waals surface area contributed by atoms with Crippen LogP contribution in [0.15, 0.2) is 59.0 Å². The summed E-state index contributed by atoms with van der Waals surface area (Å²) in [5, 5.41) is 2.53. The van der Waals surface area contributed by atoms with Crippen molar-refractivity contribution in [1.29, 1.82) is 0 Å². The van der Waals surface area contributed by atoms with Crippen molar-refractivity contribution >= 4 is 27.3 Å². The van der Waals surface area contributed by atoms with E-state index in [-0.39, 0.29) is 17.9 Å². The van der Waals surface area contributed by atoms with Gasteiger partial charge in [-0.05, 0) is 31.9 Å². The summed E-state index contributed by atoms with van der Waals surface area (Å²) in [5.41, 5.74) is 5.50. The second kappa shape index (κ2) is 7.17. The molecule has 4 nitrogen and oxygen atoms in total. The minimum absolute atomic E-state index is 0.0190. The Balaban J connectivity index is 1.75. The lowest BCUT2D eigenvalue weighted by atomic mass is 10.0. The van der Waals surface area contributed by atoms with Gasteiger partial charge in [-0.2, -0.15) is 0 Å². The van der Waals surface area contributed by atoms with Gasteiger partial charge >= 0.3 is 0 Å². The van der Waals surface area contributed by atoms with Crippen LogP contribution in [0.1, 0.15) is 27.0 Å². The van der Waals surface area contributed by atoms with Crippen molar-refractivity contribution in [1.82, 2.24) is 9.55 Å². The Hall–Kier alpha value is -3.05. The standard InChI is InChI=1S/C23H20N2O2S/c1-14-4-7-17(8-5-14)19-12-28-22-21(19)23(27)25(13-24-22)11-20(26)18-9-6-15(2)10-16(18)3/h4-10,12-13H,11H2,1-3H3. The van der Waals surface area contributed by atoms with E-state index in [1.807, 2.05) is 68.6 Å². The fraction of sp³-hybridized carbons (Fsp3) is 0.174. The first kappa shape index (κ1) is 18.3. The average Bonchev–Trinajstić information content (AvgIpc) is 3.09. The van der Waals surface area contributed by atoms with E-state index < -0.39 is 0 Å². The second-order valence-electron chi connectivity index (χ2n) is 7.11. The predicted molar refractivity (Wildman–Crippen MR) is 114 cm³/mol. The van der Waals surface area contributed by atoms with Crippen molar-refractivity contribution in [2.45, 2.75) is 27.3 Å². The zero-order chi connectivity index (χ0) is 19.8. The molecule has 5 heteroatoms. The van der Waals surface area contributed by atoms with Crippen molar-refractivity contribution in [3.8, 4) is 11.1 Å². The Morgan fingerprint density at radius 3 is 2.46 bits per heavy atom. The maximum absolute atomic E-state index is 13.1. The lowest BCUT2D eigenvalue weighted by molar-refractivity contribution is 0.0970. The maximum Gasteiger partial charge on any atom is 0.263 e. The van der Waals surface area contributed by atoms with Gasteiger partial charge in [0.25, 0.3) is 5.56 Å². The third-order valence-electron chi connectivity index (χ3n) is 4.92. The number of Topliss-reactive ketones (excluding diaryl/α,β-unsaturated/α-hetero) is 1. The molecule has 0 fully saturated rings. The smallest absolute Gasteiger partial charge is 0.263 e. The van der Waals surface area contributed by atoms with Gasteiger partial charge in [0, 0.05) is 16.5 Å². The van der Waals surface area contributed by atoms with Crippen LogP contribution in [0.5, 0.6) is 0 Å². The molecule has 2 aromatic carbocycles. The summed E-state index contributed by atoms with van der Waals surface area (Å²) < 4.78 is 1.41. The highest BCUT2D eigenvalue weighted by molar-refractivity contribution is 7.17. The van der Waals surface area contributed by atoms with Crippen LogP contribution in [-0.2, 0) is 6.54 Å². The Kier molecular flexibility index (Phi) is 4.69. The average molecular weight is 388 g/mol. The van der Waals surface area contributed by atoms with Crippen LogP contribution in [0.3, 0.4) is 0 Å². The highest BCUT2D eigenvalue weighted by Gasteiger charge is 2.16. The summed E-state index contributed by atoms with van der Waals surface area (Å²) >= 11 is 1.45. The van der Waals surface area contributed by atoms with Crippen LogP contribution in [0.4, 0.5) is 0 Å². The topological polar surface area (TPSA) is 52.0 Å². The maximum atomic E-state index is 13.1. The molecule has 0 radical (unpaired) electrons. The van der Waals surface area contributed by atoms with Gasteiger partial charge in [-0.1, -0.05) is 53.6 Å². The summed E-state index contributed by atoms with van der Waals surface area (Å²) in [4.78, 5) is 31.0. The number of rotatable bonds is 4. The molecule has 4 aromatic rings. The van der Waals surface area contributed by atoms with E-state index in [2.05, 4.69) is 4.98 Å². The number of benzene rings is 2. The Labute approximate surface area is 167 Å². The lowest BCUT2D eigenvalue weighted by Crippen LogP contribution is -2.25. The number of aromatic nitrogens is 2. The van der Waals surface area contributed by atoms with Gasteiger partial charge in [0.05, 0.1) is 18.3 Å². The van der Waals surface area contributed by atoms with Gasteiger partial charge in [0.1, 0.15) is 4.83 Å². The molecule has 0 bridgehead atoms. The molecule has 0 saturated carbocycles. The zero-order valence-electron chi connectivity index (χ0n) is 16.0. The van der Waals surface area contributed by atoms with Crippen molar-refractivity contribution in [3.63, 3.8) is 0 Å². The SMILES string of the molecule is Cc1ccc(-c2csc3ncn(CC(=O)c4ccc(C)cc4C)c(=O)c23)cc1. The van der Waals surface area contributed by atoms with E-state index in [9.17, 15) is 9.59 Å². The van der Waals surface area contributed by atoms with Crippen LogP contribution in [0, 0.1) is 20.8 Å². The minimum Gasteiger partial charge on any atom is -0.292 e. The Morgan fingerprint density at radius 1 is 1.04 bits per heavy atom. The van der Waals surface area contributed by atoms with E-state index in [0.29, 0.717) is 15.8 Å². The number of fused-ring (bicyclic) bond motifs is 1.